The number of rotatable bonds is 4. The number of aryl methyl sites for hydroxylation is 1. The summed E-state index contributed by atoms with van der Waals surface area (Å²) in [6, 6.07) is 14.2. The van der Waals surface area contributed by atoms with Crippen LogP contribution in [0.15, 0.2) is 42.6 Å². The van der Waals surface area contributed by atoms with E-state index in [-0.39, 0.29) is 5.92 Å². The van der Waals surface area contributed by atoms with Gasteiger partial charge in [-0.3, -0.25) is 0 Å². The molecular weight excluding hydrogens is 286 g/mol. The summed E-state index contributed by atoms with van der Waals surface area (Å²) in [5.74, 6) is 0.596. The first-order valence-corrected chi connectivity index (χ1v) is 7.75. The van der Waals surface area contributed by atoms with E-state index in [1.54, 1.807) is 0 Å². The number of hydrogen-bond donors (Lipinski definition) is 0. The third kappa shape index (κ3) is 2.78. The number of benzene rings is 1. The maximum Gasteiger partial charge on any atom is 0.137 e. The van der Waals surface area contributed by atoms with Crippen LogP contribution >= 0.6 is 0 Å². The van der Waals surface area contributed by atoms with E-state index in [0.29, 0.717) is 6.61 Å². The molecule has 0 spiro atoms. The molecule has 116 valence electrons. The van der Waals surface area contributed by atoms with Gasteiger partial charge in [-0.2, -0.15) is 5.26 Å². The number of pyridine rings is 1. The Labute approximate surface area is 136 Å². The van der Waals surface area contributed by atoms with Gasteiger partial charge in [0.1, 0.15) is 11.4 Å². The molecule has 1 aromatic carbocycles. The molecule has 0 aliphatic heterocycles. The zero-order chi connectivity index (χ0) is 16.4. The van der Waals surface area contributed by atoms with Crippen LogP contribution in [-0.4, -0.2) is 16.0 Å². The molecule has 23 heavy (non-hydrogen) atoms. The van der Waals surface area contributed by atoms with Gasteiger partial charge in [-0.25, -0.2) is 4.98 Å². The third-order valence-corrected chi connectivity index (χ3v) is 3.85. The molecule has 0 saturated carbocycles. The first-order valence-electron chi connectivity index (χ1n) is 7.75. The molecule has 0 aliphatic rings. The van der Waals surface area contributed by atoms with Gasteiger partial charge in [-0.05, 0) is 56.7 Å². The highest BCUT2D eigenvalue weighted by atomic mass is 16.5. The zero-order valence-electron chi connectivity index (χ0n) is 13.6. The van der Waals surface area contributed by atoms with Crippen molar-refractivity contribution in [2.75, 3.05) is 6.61 Å². The number of nitrogens with zero attached hydrogens (tertiary/aromatic N) is 3. The predicted molar refractivity (Wildman–Crippen MR) is 90.6 cm³/mol. The van der Waals surface area contributed by atoms with Gasteiger partial charge >= 0.3 is 0 Å². The lowest BCUT2D eigenvalue weighted by molar-refractivity contribution is 0.340. The lowest BCUT2D eigenvalue weighted by atomic mass is 10.0. The summed E-state index contributed by atoms with van der Waals surface area (Å²) in [6.45, 7) is 6.55. The highest BCUT2D eigenvalue weighted by Crippen LogP contribution is 2.31. The number of aromatic nitrogens is 2. The van der Waals surface area contributed by atoms with Gasteiger partial charge in [-0.15, -0.1) is 0 Å². The normalized spacial score (nSPS) is 12.1. The minimum atomic E-state index is -0.242. The van der Waals surface area contributed by atoms with Crippen molar-refractivity contribution in [2.24, 2.45) is 0 Å². The van der Waals surface area contributed by atoms with E-state index >= 15 is 0 Å². The summed E-state index contributed by atoms with van der Waals surface area (Å²) in [4.78, 5) is 4.74. The average molecular weight is 305 g/mol. The van der Waals surface area contributed by atoms with Crippen molar-refractivity contribution in [3.8, 4) is 23.1 Å². The van der Waals surface area contributed by atoms with E-state index in [0.717, 1.165) is 33.9 Å². The average Bonchev–Trinajstić information content (AvgIpc) is 2.93. The maximum absolute atomic E-state index is 9.41. The Morgan fingerprint density at radius 3 is 2.61 bits per heavy atom. The molecule has 0 amide bonds. The fourth-order valence-electron chi connectivity index (χ4n) is 2.73. The van der Waals surface area contributed by atoms with Gasteiger partial charge in [0.15, 0.2) is 0 Å². The van der Waals surface area contributed by atoms with E-state index < -0.39 is 0 Å². The van der Waals surface area contributed by atoms with Crippen molar-refractivity contribution < 1.29 is 4.74 Å². The summed E-state index contributed by atoms with van der Waals surface area (Å²) < 4.78 is 7.52. The van der Waals surface area contributed by atoms with Crippen molar-refractivity contribution in [1.29, 1.82) is 5.26 Å². The second kappa shape index (κ2) is 6.13. The van der Waals surface area contributed by atoms with Crippen LogP contribution in [-0.2, 0) is 0 Å². The topological polar surface area (TPSA) is 50.3 Å². The van der Waals surface area contributed by atoms with Gasteiger partial charge in [0, 0.05) is 11.8 Å². The number of fused-ring (bicyclic) bond motifs is 1. The minimum Gasteiger partial charge on any atom is -0.494 e. The lowest BCUT2D eigenvalue weighted by Crippen LogP contribution is -1.99. The quantitative estimate of drug-likeness (QED) is 0.720. The molecule has 0 fully saturated rings. The highest BCUT2D eigenvalue weighted by Gasteiger charge is 2.19. The van der Waals surface area contributed by atoms with Crippen LogP contribution in [0.25, 0.3) is 16.9 Å². The molecule has 2 heterocycles. The van der Waals surface area contributed by atoms with E-state index in [4.69, 9.17) is 9.72 Å². The van der Waals surface area contributed by atoms with Crippen molar-refractivity contribution in [1.82, 2.24) is 9.38 Å². The monoisotopic (exact) mass is 305 g/mol. The number of hydrogen-bond acceptors (Lipinski definition) is 3. The maximum atomic E-state index is 9.41. The summed E-state index contributed by atoms with van der Waals surface area (Å²) in [5.41, 5.74) is 4.77. The molecule has 0 aliphatic carbocycles. The summed E-state index contributed by atoms with van der Waals surface area (Å²) in [6.07, 6.45) is 2.03. The Balaban J connectivity index is 2.18. The van der Waals surface area contributed by atoms with Crippen LogP contribution in [0.2, 0.25) is 0 Å². The molecule has 2 aromatic heterocycles. The van der Waals surface area contributed by atoms with Crippen molar-refractivity contribution >= 4 is 5.65 Å². The highest BCUT2D eigenvalue weighted by molar-refractivity contribution is 5.68. The zero-order valence-corrected chi connectivity index (χ0v) is 13.6. The van der Waals surface area contributed by atoms with Gasteiger partial charge in [-0.1, -0.05) is 6.07 Å². The molecule has 1 unspecified atom stereocenters. The predicted octanol–water partition coefficient (Wildman–Crippen LogP) is 4.34. The second-order valence-corrected chi connectivity index (χ2v) is 5.59. The number of ether oxygens (including phenoxy) is 1. The summed E-state index contributed by atoms with van der Waals surface area (Å²) in [7, 11) is 0. The molecule has 0 saturated heterocycles. The van der Waals surface area contributed by atoms with Crippen LogP contribution in [0.5, 0.6) is 5.75 Å². The van der Waals surface area contributed by atoms with Crippen LogP contribution in [0.1, 0.15) is 31.0 Å². The molecule has 4 nitrogen and oxygen atoms in total. The Morgan fingerprint density at radius 2 is 1.96 bits per heavy atom. The molecule has 0 bridgehead atoms. The molecule has 0 radical (unpaired) electrons. The van der Waals surface area contributed by atoms with E-state index in [1.165, 1.54) is 0 Å². The van der Waals surface area contributed by atoms with Crippen molar-refractivity contribution in [3.63, 3.8) is 0 Å². The molecule has 1 atom stereocenters. The van der Waals surface area contributed by atoms with Gasteiger partial charge in [0.2, 0.25) is 0 Å². The Bertz CT molecular complexity index is 872. The first-order chi connectivity index (χ1) is 11.1. The van der Waals surface area contributed by atoms with Gasteiger partial charge in [0.05, 0.1) is 30.0 Å². The Kier molecular flexibility index (Phi) is 4.03. The Morgan fingerprint density at radius 1 is 1.22 bits per heavy atom. The molecule has 0 N–H and O–H groups in total. The van der Waals surface area contributed by atoms with E-state index in [2.05, 4.69) is 6.07 Å². The van der Waals surface area contributed by atoms with Crippen LogP contribution < -0.4 is 4.74 Å². The fourth-order valence-corrected chi connectivity index (χ4v) is 2.73. The molecular formula is C19H19N3O. The lowest BCUT2D eigenvalue weighted by Gasteiger charge is -2.08. The van der Waals surface area contributed by atoms with Crippen molar-refractivity contribution in [3.05, 3.63) is 53.9 Å². The number of nitriles is 1. The summed E-state index contributed by atoms with van der Waals surface area (Å²) >= 11 is 0. The van der Waals surface area contributed by atoms with Crippen LogP contribution in [0.4, 0.5) is 0 Å². The smallest absolute Gasteiger partial charge is 0.137 e. The largest absolute Gasteiger partial charge is 0.494 e. The van der Waals surface area contributed by atoms with Crippen LogP contribution in [0, 0.1) is 18.3 Å². The molecule has 3 aromatic rings. The van der Waals surface area contributed by atoms with E-state index in [1.807, 2.05) is 67.8 Å². The van der Waals surface area contributed by atoms with Crippen LogP contribution in [0.3, 0.4) is 0 Å². The fraction of sp³-hybridized carbons (Fsp3) is 0.263. The summed E-state index contributed by atoms with van der Waals surface area (Å²) in [5, 5.41) is 9.41. The third-order valence-electron chi connectivity index (χ3n) is 3.85. The standard InChI is InChI=1S/C19H19N3O/c1-4-23-16-8-6-15(7-9-16)18-19(14(3)11-20)22-12-13(2)5-10-17(22)21-18/h5-10,12,14H,4H2,1-3H3. The van der Waals surface area contributed by atoms with Crippen molar-refractivity contribution in [2.45, 2.75) is 26.7 Å². The Hall–Kier alpha value is -2.80. The second-order valence-electron chi connectivity index (χ2n) is 5.59. The minimum absolute atomic E-state index is 0.242. The first kappa shape index (κ1) is 15.1. The van der Waals surface area contributed by atoms with Gasteiger partial charge < -0.3 is 9.14 Å². The molecule has 4 heteroatoms. The molecule has 3 rings (SSSR count). The van der Waals surface area contributed by atoms with Gasteiger partial charge in [0.25, 0.3) is 0 Å². The van der Waals surface area contributed by atoms with E-state index in [9.17, 15) is 5.26 Å². The number of imidazole rings is 1. The SMILES string of the molecule is CCOc1ccc(-c2nc3ccc(C)cn3c2C(C)C#N)cc1.